The van der Waals surface area contributed by atoms with E-state index < -0.39 is 0 Å². The summed E-state index contributed by atoms with van der Waals surface area (Å²) in [5.41, 5.74) is 1.53. The molecule has 4 nitrogen and oxygen atoms in total. The van der Waals surface area contributed by atoms with Gasteiger partial charge in [-0.05, 0) is 19.1 Å². The maximum Gasteiger partial charge on any atom is 0.201 e. The van der Waals surface area contributed by atoms with E-state index in [-0.39, 0.29) is 22.5 Å². The molecule has 0 aromatic heterocycles. The van der Waals surface area contributed by atoms with E-state index >= 15 is 0 Å². The highest BCUT2D eigenvalue weighted by Crippen LogP contribution is 2.32. The topological polar surface area (TPSA) is 60.2 Å². The van der Waals surface area contributed by atoms with Crippen molar-refractivity contribution in [2.75, 3.05) is 0 Å². The van der Waals surface area contributed by atoms with Crippen LogP contribution < -0.4 is 5.43 Å². The van der Waals surface area contributed by atoms with Crippen LogP contribution in [0.25, 0.3) is 33.3 Å². The number of Topliss-reactive ketones (excluding diaryl/α,β-unsaturated/α-hetero) is 1. The molecule has 0 bridgehead atoms. The first-order valence-corrected chi connectivity index (χ1v) is 6.92. The largest absolute Gasteiger partial charge is 0.452 e. The van der Waals surface area contributed by atoms with E-state index in [2.05, 4.69) is 4.98 Å². The highest BCUT2D eigenvalue weighted by molar-refractivity contribution is 6.08. The Balaban J connectivity index is 2.34. The minimum atomic E-state index is -0.318. The fourth-order valence-corrected chi connectivity index (χ4v) is 2.76. The highest BCUT2D eigenvalue weighted by Gasteiger charge is 2.24. The van der Waals surface area contributed by atoms with Gasteiger partial charge in [-0.25, -0.2) is 4.98 Å². The number of para-hydroxylation sites is 2. The summed E-state index contributed by atoms with van der Waals surface area (Å²) in [7, 11) is 0. The standard InChI is InChI=1S/C18H11NO3/c1-10(20)15-17(21)12-7-3-2-6-11(12)16-18(15)22-14-9-5-4-8-13(14)19-16/h2-9H,1H3. The number of ketones is 1. The molecule has 0 fully saturated rings. The SMILES string of the molecule is CC(=O)c1c2oc3ccccc3nc-2c2ccccc2c1=O. The summed E-state index contributed by atoms with van der Waals surface area (Å²) < 4.78 is 5.84. The van der Waals surface area contributed by atoms with Gasteiger partial charge in [0, 0.05) is 10.8 Å². The smallest absolute Gasteiger partial charge is 0.201 e. The van der Waals surface area contributed by atoms with E-state index in [4.69, 9.17) is 4.42 Å². The van der Waals surface area contributed by atoms with Crippen LogP contribution in [0.4, 0.5) is 0 Å². The Morgan fingerprint density at radius 3 is 2.45 bits per heavy atom. The van der Waals surface area contributed by atoms with Gasteiger partial charge in [-0.1, -0.05) is 36.4 Å². The summed E-state index contributed by atoms with van der Waals surface area (Å²) in [4.78, 5) is 29.2. The molecule has 106 valence electrons. The van der Waals surface area contributed by atoms with Crippen LogP contribution in [0, 0.1) is 0 Å². The highest BCUT2D eigenvalue weighted by atomic mass is 16.3. The number of fused-ring (bicyclic) bond motifs is 4. The Bertz CT molecular complexity index is 1080. The van der Waals surface area contributed by atoms with Crippen molar-refractivity contribution in [1.29, 1.82) is 0 Å². The number of carbonyl (C=O) groups excluding carboxylic acids is 1. The van der Waals surface area contributed by atoms with E-state index in [0.717, 1.165) is 0 Å². The Morgan fingerprint density at radius 2 is 1.68 bits per heavy atom. The zero-order chi connectivity index (χ0) is 15.3. The summed E-state index contributed by atoms with van der Waals surface area (Å²) in [6.07, 6.45) is 0. The number of nitrogens with zero attached hydrogens (tertiary/aromatic N) is 1. The second kappa shape index (κ2) is 4.49. The molecule has 0 saturated carbocycles. The molecular formula is C18H11NO3. The van der Waals surface area contributed by atoms with Crippen molar-refractivity contribution >= 4 is 27.7 Å². The second-order valence-corrected chi connectivity index (χ2v) is 5.17. The van der Waals surface area contributed by atoms with Crippen molar-refractivity contribution in [2.24, 2.45) is 0 Å². The number of rotatable bonds is 1. The molecular weight excluding hydrogens is 278 g/mol. The van der Waals surface area contributed by atoms with E-state index in [0.29, 0.717) is 27.6 Å². The third-order valence-corrected chi connectivity index (χ3v) is 3.76. The zero-order valence-corrected chi connectivity index (χ0v) is 11.8. The number of hydrogen-bond acceptors (Lipinski definition) is 4. The third-order valence-electron chi connectivity index (χ3n) is 3.76. The number of aromatic nitrogens is 1. The van der Waals surface area contributed by atoms with Gasteiger partial charge in [0.1, 0.15) is 16.8 Å². The van der Waals surface area contributed by atoms with Crippen LogP contribution in [-0.2, 0) is 0 Å². The first-order chi connectivity index (χ1) is 10.7. The summed E-state index contributed by atoms with van der Waals surface area (Å²) in [5.74, 6) is -0.0588. The molecule has 0 N–H and O–H groups in total. The maximum absolute atomic E-state index is 12.6. The van der Waals surface area contributed by atoms with Crippen molar-refractivity contribution in [3.8, 4) is 11.5 Å². The normalized spacial score (nSPS) is 11.3. The first kappa shape index (κ1) is 12.7. The molecule has 2 aromatic carbocycles. The summed E-state index contributed by atoms with van der Waals surface area (Å²) in [6.45, 7) is 1.37. The lowest BCUT2D eigenvalue weighted by Gasteiger charge is -2.12. The minimum Gasteiger partial charge on any atom is -0.452 e. The lowest BCUT2D eigenvalue weighted by Crippen LogP contribution is -2.16. The molecule has 22 heavy (non-hydrogen) atoms. The van der Waals surface area contributed by atoms with Crippen molar-refractivity contribution in [2.45, 2.75) is 6.92 Å². The molecule has 2 aliphatic rings. The fourth-order valence-electron chi connectivity index (χ4n) is 2.76. The Hall–Kier alpha value is -3.01. The predicted molar refractivity (Wildman–Crippen MR) is 84.4 cm³/mol. The van der Waals surface area contributed by atoms with Gasteiger partial charge >= 0.3 is 0 Å². The summed E-state index contributed by atoms with van der Waals surface area (Å²) in [5, 5.41) is 1.18. The molecule has 0 spiro atoms. The van der Waals surface area contributed by atoms with Crippen LogP contribution >= 0.6 is 0 Å². The monoisotopic (exact) mass is 289 g/mol. The van der Waals surface area contributed by atoms with Gasteiger partial charge < -0.3 is 4.42 Å². The Morgan fingerprint density at radius 1 is 1.00 bits per heavy atom. The van der Waals surface area contributed by atoms with Gasteiger partial charge in [-0.15, -0.1) is 0 Å². The van der Waals surface area contributed by atoms with E-state index in [1.54, 1.807) is 18.2 Å². The predicted octanol–water partition coefficient (Wildman–Crippen LogP) is 3.65. The van der Waals surface area contributed by atoms with Crippen LogP contribution in [-0.4, -0.2) is 10.8 Å². The molecule has 0 atom stereocenters. The molecule has 1 aliphatic carbocycles. The van der Waals surface area contributed by atoms with Gasteiger partial charge in [0.15, 0.2) is 17.1 Å². The summed E-state index contributed by atoms with van der Waals surface area (Å²) in [6, 6.07) is 14.4. The van der Waals surface area contributed by atoms with Crippen LogP contribution in [0.3, 0.4) is 0 Å². The Kier molecular flexibility index (Phi) is 2.60. The van der Waals surface area contributed by atoms with Crippen molar-refractivity contribution in [3.05, 3.63) is 64.3 Å². The first-order valence-electron chi connectivity index (χ1n) is 6.92. The number of benzene rings is 3. The number of carbonyl (C=O) groups is 1. The average molecular weight is 289 g/mol. The average Bonchev–Trinajstić information content (AvgIpc) is 2.53. The van der Waals surface area contributed by atoms with Gasteiger partial charge in [0.25, 0.3) is 0 Å². The van der Waals surface area contributed by atoms with Gasteiger partial charge in [-0.3, -0.25) is 9.59 Å². The molecule has 0 radical (unpaired) electrons. The lowest BCUT2D eigenvalue weighted by molar-refractivity contribution is 0.101. The molecule has 0 unspecified atom stereocenters. The third kappa shape index (κ3) is 1.67. The molecule has 1 heterocycles. The van der Waals surface area contributed by atoms with Crippen molar-refractivity contribution in [1.82, 2.24) is 4.98 Å². The van der Waals surface area contributed by atoms with Gasteiger partial charge in [0.2, 0.25) is 5.43 Å². The molecule has 2 aromatic rings. The second-order valence-electron chi connectivity index (χ2n) is 5.17. The molecule has 4 rings (SSSR count). The van der Waals surface area contributed by atoms with E-state index in [1.165, 1.54) is 6.92 Å². The molecule has 0 amide bonds. The van der Waals surface area contributed by atoms with Gasteiger partial charge in [-0.2, -0.15) is 0 Å². The zero-order valence-electron chi connectivity index (χ0n) is 11.8. The van der Waals surface area contributed by atoms with E-state index in [1.807, 2.05) is 30.3 Å². The van der Waals surface area contributed by atoms with Crippen LogP contribution in [0.5, 0.6) is 0 Å². The molecule has 1 aliphatic heterocycles. The van der Waals surface area contributed by atoms with Crippen LogP contribution in [0.1, 0.15) is 17.3 Å². The van der Waals surface area contributed by atoms with E-state index in [9.17, 15) is 9.59 Å². The van der Waals surface area contributed by atoms with Crippen molar-refractivity contribution < 1.29 is 9.21 Å². The van der Waals surface area contributed by atoms with Crippen LogP contribution in [0.2, 0.25) is 0 Å². The quantitative estimate of drug-likeness (QED) is 0.305. The maximum atomic E-state index is 12.6. The van der Waals surface area contributed by atoms with Crippen molar-refractivity contribution in [3.63, 3.8) is 0 Å². The van der Waals surface area contributed by atoms with Gasteiger partial charge in [0.05, 0.1) is 0 Å². The summed E-state index contributed by atoms with van der Waals surface area (Å²) >= 11 is 0. The Labute approximate surface area is 125 Å². The van der Waals surface area contributed by atoms with Crippen LogP contribution in [0.15, 0.2) is 57.7 Å². The molecule has 0 saturated heterocycles. The fraction of sp³-hybridized carbons (Fsp3) is 0.0556. The lowest BCUT2D eigenvalue weighted by atomic mass is 9.97. The number of hydrogen-bond donors (Lipinski definition) is 0. The molecule has 4 heteroatoms. The minimum absolute atomic E-state index is 0.0620.